The summed E-state index contributed by atoms with van der Waals surface area (Å²) in [5.41, 5.74) is 2.50. The zero-order chi connectivity index (χ0) is 20.8. The Morgan fingerprint density at radius 2 is 1.97 bits per heavy atom. The second kappa shape index (κ2) is 9.65. The van der Waals surface area contributed by atoms with E-state index in [1.807, 2.05) is 26.0 Å². The number of fused-ring (bicyclic) bond motifs is 1. The molecule has 1 atom stereocenters. The van der Waals surface area contributed by atoms with Crippen LogP contribution in [-0.4, -0.2) is 31.1 Å². The summed E-state index contributed by atoms with van der Waals surface area (Å²) in [6.45, 7) is 5.09. The maximum atomic E-state index is 12.2. The molecule has 0 aliphatic carbocycles. The molecular formula is C22H25ClN2O4. The van der Waals surface area contributed by atoms with Gasteiger partial charge in [0.05, 0.1) is 6.61 Å². The highest BCUT2D eigenvalue weighted by molar-refractivity contribution is 6.30. The molecule has 1 aliphatic rings. The van der Waals surface area contributed by atoms with Crippen molar-refractivity contribution in [1.29, 1.82) is 0 Å². The molecule has 0 radical (unpaired) electrons. The molecule has 0 saturated heterocycles. The molecule has 1 aliphatic heterocycles. The van der Waals surface area contributed by atoms with Gasteiger partial charge in [-0.15, -0.1) is 0 Å². The fourth-order valence-electron chi connectivity index (χ4n) is 3.18. The van der Waals surface area contributed by atoms with Crippen LogP contribution in [0.25, 0.3) is 0 Å². The minimum atomic E-state index is -0.238. The van der Waals surface area contributed by atoms with E-state index in [1.165, 1.54) is 0 Å². The molecular weight excluding hydrogens is 392 g/mol. The van der Waals surface area contributed by atoms with Gasteiger partial charge in [0.15, 0.2) is 0 Å². The molecule has 0 aromatic heterocycles. The Morgan fingerprint density at radius 1 is 1.21 bits per heavy atom. The van der Waals surface area contributed by atoms with Crippen molar-refractivity contribution in [2.45, 2.75) is 39.3 Å². The molecule has 0 saturated carbocycles. The predicted octanol–water partition coefficient (Wildman–Crippen LogP) is 3.50. The first-order valence-corrected chi connectivity index (χ1v) is 10.1. The number of carbonyl (C=O) groups excluding carboxylic acids is 2. The van der Waals surface area contributed by atoms with E-state index < -0.39 is 0 Å². The Balaban J connectivity index is 1.49. The number of ether oxygens (including phenoxy) is 2. The van der Waals surface area contributed by atoms with E-state index in [-0.39, 0.29) is 30.9 Å². The van der Waals surface area contributed by atoms with Gasteiger partial charge in [0, 0.05) is 47.6 Å². The van der Waals surface area contributed by atoms with Gasteiger partial charge in [-0.05, 0) is 50.2 Å². The summed E-state index contributed by atoms with van der Waals surface area (Å²) in [6.07, 6.45) is 1.19. The number of carbonyl (C=O) groups is 2. The van der Waals surface area contributed by atoms with Crippen LogP contribution >= 0.6 is 11.6 Å². The Bertz CT molecular complexity index is 883. The average molecular weight is 417 g/mol. The van der Waals surface area contributed by atoms with E-state index in [2.05, 4.69) is 10.6 Å². The van der Waals surface area contributed by atoms with Crippen molar-refractivity contribution in [2.24, 2.45) is 0 Å². The normalized spacial score (nSPS) is 14.7. The lowest BCUT2D eigenvalue weighted by molar-refractivity contribution is -0.121. The maximum absolute atomic E-state index is 12.2. The first-order chi connectivity index (χ1) is 14.0. The molecule has 1 heterocycles. The smallest absolute Gasteiger partial charge is 0.251 e. The zero-order valence-corrected chi connectivity index (χ0v) is 17.3. The number of amides is 2. The summed E-state index contributed by atoms with van der Waals surface area (Å²) in [4.78, 5) is 24.2. The van der Waals surface area contributed by atoms with Gasteiger partial charge in [-0.1, -0.05) is 11.6 Å². The Hall–Kier alpha value is -2.73. The molecule has 2 aromatic rings. The van der Waals surface area contributed by atoms with Crippen LogP contribution in [0.1, 0.15) is 41.8 Å². The summed E-state index contributed by atoms with van der Waals surface area (Å²) in [5.74, 6) is 1.22. The van der Waals surface area contributed by atoms with Crippen LogP contribution < -0.4 is 20.1 Å². The summed E-state index contributed by atoms with van der Waals surface area (Å²) in [5, 5.41) is 6.18. The van der Waals surface area contributed by atoms with Gasteiger partial charge in [0.25, 0.3) is 5.91 Å². The molecule has 29 heavy (non-hydrogen) atoms. The third kappa shape index (κ3) is 5.64. The van der Waals surface area contributed by atoms with Gasteiger partial charge in [0.2, 0.25) is 5.91 Å². The first kappa shape index (κ1) is 21.0. The lowest BCUT2D eigenvalue weighted by Gasteiger charge is -2.13. The van der Waals surface area contributed by atoms with Crippen molar-refractivity contribution >= 4 is 23.4 Å². The van der Waals surface area contributed by atoms with Crippen molar-refractivity contribution in [3.8, 4) is 11.5 Å². The molecule has 154 valence electrons. The lowest BCUT2D eigenvalue weighted by Crippen LogP contribution is -2.30. The van der Waals surface area contributed by atoms with E-state index in [1.54, 1.807) is 24.3 Å². The predicted molar refractivity (Wildman–Crippen MR) is 112 cm³/mol. The number of halogens is 1. The Labute approximate surface area is 175 Å². The molecule has 2 aromatic carbocycles. The minimum Gasteiger partial charge on any atom is -0.494 e. The first-order valence-electron chi connectivity index (χ1n) is 9.72. The van der Waals surface area contributed by atoms with Crippen LogP contribution in [0.4, 0.5) is 0 Å². The fraction of sp³-hybridized carbons (Fsp3) is 0.364. The summed E-state index contributed by atoms with van der Waals surface area (Å²) >= 11 is 5.82. The second-order valence-electron chi connectivity index (χ2n) is 6.92. The number of hydrogen-bond acceptors (Lipinski definition) is 4. The molecule has 0 fully saturated rings. The Morgan fingerprint density at radius 3 is 2.69 bits per heavy atom. The summed E-state index contributed by atoms with van der Waals surface area (Å²) in [6, 6.07) is 10.5. The van der Waals surface area contributed by atoms with Crippen molar-refractivity contribution in [2.75, 3.05) is 13.2 Å². The van der Waals surface area contributed by atoms with E-state index >= 15 is 0 Å². The van der Waals surface area contributed by atoms with Gasteiger partial charge in [0.1, 0.15) is 17.6 Å². The largest absolute Gasteiger partial charge is 0.494 e. The van der Waals surface area contributed by atoms with Crippen molar-refractivity contribution < 1.29 is 19.1 Å². The van der Waals surface area contributed by atoms with Crippen molar-refractivity contribution in [1.82, 2.24) is 10.6 Å². The van der Waals surface area contributed by atoms with E-state index in [0.29, 0.717) is 23.7 Å². The van der Waals surface area contributed by atoms with Crippen LogP contribution in [0.3, 0.4) is 0 Å². The topological polar surface area (TPSA) is 76.7 Å². The third-order valence-corrected chi connectivity index (χ3v) is 4.85. The quantitative estimate of drug-likeness (QED) is 0.690. The average Bonchev–Trinajstić information content (AvgIpc) is 3.05. The fourth-order valence-corrected chi connectivity index (χ4v) is 3.31. The third-order valence-electron chi connectivity index (χ3n) is 4.60. The van der Waals surface area contributed by atoms with Crippen molar-refractivity contribution in [3.63, 3.8) is 0 Å². The Kier molecular flexibility index (Phi) is 6.99. The molecule has 6 nitrogen and oxygen atoms in total. The van der Waals surface area contributed by atoms with Crippen LogP contribution in [0.5, 0.6) is 11.5 Å². The standard InChI is InChI=1S/C22H25ClN2O4/c1-3-28-19-11-16-10-14(2)29-20(16)12-17(19)13-25-21(26)8-9-24-22(27)15-4-6-18(23)7-5-15/h4-7,11-12,14H,3,8-10,13H2,1-2H3,(H,24,27)(H,25,26)/t14-/m0/s1. The van der Waals surface area contributed by atoms with Gasteiger partial charge in [-0.3, -0.25) is 9.59 Å². The highest BCUT2D eigenvalue weighted by Crippen LogP contribution is 2.35. The van der Waals surface area contributed by atoms with E-state index in [0.717, 1.165) is 29.0 Å². The van der Waals surface area contributed by atoms with Gasteiger partial charge in [-0.2, -0.15) is 0 Å². The minimum absolute atomic E-state index is 0.147. The second-order valence-corrected chi connectivity index (χ2v) is 7.36. The molecule has 3 rings (SSSR count). The SMILES string of the molecule is CCOc1cc2c(cc1CNC(=O)CCNC(=O)c1ccc(Cl)cc1)O[C@@H](C)C2. The molecule has 2 N–H and O–H groups in total. The monoisotopic (exact) mass is 416 g/mol. The molecule has 0 bridgehead atoms. The van der Waals surface area contributed by atoms with E-state index in [9.17, 15) is 9.59 Å². The van der Waals surface area contributed by atoms with Gasteiger partial charge in [-0.25, -0.2) is 0 Å². The van der Waals surface area contributed by atoms with Gasteiger partial charge < -0.3 is 20.1 Å². The molecule has 0 spiro atoms. The van der Waals surface area contributed by atoms with Crippen LogP contribution in [0.15, 0.2) is 36.4 Å². The van der Waals surface area contributed by atoms with Crippen LogP contribution in [0.2, 0.25) is 5.02 Å². The van der Waals surface area contributed by atoms with E-state index in [4.69, 9.17) is 21.1 Å². The number of benzene rings is 2. The highest BCUT2D eigenvalue weighted by atomic mass is 35.5. The number of hydrogen-bond donors (Lipinski definition) is 2. The zero-order valence-electron chi connectivity index (χ0n) is 16.6. The summed E-state index contributed by atoms with van der Waals surface area (Å²) < 4.78 is 11.5. The number of nitrogens with one attached hydrogen (secondary N) is 2. The van der Waals surface area contributed by atoms with Crippen LogP contribution in [-0.2, 0) is 17.8 Å². The highest BCUT2D eigenvalue weighted by Gasteiger charge is 2.22. The summed E-state index contributed by atoms with van der Waals surface area (Å²) in [7, 11) is 0. The maximum Gasteiger partial charge on any atom is 0.251 e. The molecule has 0 unspecified atom stereocenters. The van der Waals surface area contributed by atoms with Crippen molar-refractivity contribution in [3.05, 3.63) is 58.1 Å². The number of rotatable bonds is 8. The molecule has 2 amide bonds. The molecule has 7 heteroatoms. The van der Waals surface area contributed by atoms with Gasteiger partial charge >= 0.3 is 0 Å². The lowest BCUT2D eigenvalue weighted by atomic mass is 10.1. The van der Waals surface area contributed by atoms with Crippen LogP contribution in [0, 0.1) is 0 Å².